The summed E-state index contributed by atoms with van der Waals surface area (Å²) in [4.78, 5) is 11.6. The zero-order valence-corrected chi connectivity index (χ0v) is 15.5. The van der Waals surface area contributed by atoms with Crippen molar-refractivity contribution >= 4 is 18.5 Å². The van der Waals surface area contributed by atoms with E-state index in [1.54, 1.807) is 6.07 Å². The molecule has 0 unspecified atom stereocenters. The first-order valence-corrected chi connectivity index (χ1v) is 8.29. The van der Waals surface area contributed by atoms with Crippen LogP contribution in [-0.4, -0.2) is 31.3 Å². The molecule has 1 amide bonds. The molecule has 0 saturated carbocycles. The normalized spacial score (nSPS) is 15.5. The Bertz CT molecular complexity index is 540. The van der Waals surface area contributed by atoms with Crippen molar-refractivity contribution in [1.82, 2.24) is 10.6 Å². The van der Waals surface area contributed by atoms with Crippen LogP contribution in [0.4, 0.5) is 9.18 Å². The van der Waals surface area contributed by atoms with Crippen LogP contribution in [0.25, 0.3) is 0 Å². The van der Waals surface area contributed by atoms with Gasteiger partial charge in [0, 0.05) is 12.0 Å². The Morgan fingerprint density at radius 1 is 1.33 bits per heavy atom. The van der Waals surface area contributed by atoms with Crippen LogP contribution in [-0.2, 0) is 11.2 Å². The summed E-state index contributed by atoms with van der Waals surface area (Å²) >= 11 is 0. The van der Waals surface area contributed by atoms with Crippen LogP contribution in [0.5, 0.6) is 0 Å². The van der Waals surface area contributed by atoms with Crippen molar-refractivity contribution in [2.75, 3.05) is 19.7 Å². The van der Waals surface area contributed by atoms with E-state index in [9.17, 15) is 9.18 Å². The van der Waals surface area contributed by atoms with Gasteiger partial charge in [-0.25, -0.2) is 9.18 Å². The molecule has 24 heavy (non-hydrogen) atoms. The molecule has 0 bridgehead atoms. The maximum atomic E-state index is 14.1. The minimum absolute atomic E-state index is 0. The van der Waals surface area contributed by atoms with Crippen LogP contribution in [0.1, 0.15) is 50.7 Å². The molecule has 2 N–H and O–H groups in total. The molecule has 1 aliphatic rings. The smallest absolute Gasteiger partial charge is 0.407 e. The maximum Gasteiger partial charge on any atom is 0.407 e. The molecule has 4 nitrogen and oxygen atoms in total. The molecule has 136 valence electrons. The molecule has 0 spiro atoms. The zero-order chi connectivity index (χ0) is 16.9. The van der Waals surface area contributed by atoms with Crippen molar-refractivity contribution < 1.29 is 13.9 Å². The van der Waals surface area contributed by atoms with Gasteiger partial charge >= 0.3 is 6.09 Å². The topological polar surface area (TPSA) is 50.4 Å². The van der Waals surface area contributed by atoms with Crippen molar-refractivity contribution in [2.45, 2.75) is 51.5 Å². The van der Waals surface area contributed by atoms with Crippen LogP contribution in [0, 0.1) is 5.82 Å². The lowest BCUT2D eigenvalue weighted by molar-refractivity contribution is 0.139. The highest BCUT2D eigenvalue weighted by Crippen LogP contribution is 2.28. The van der Waals surface area contributed by atoms with Crippen LogP contribution in [0.3, 0.4) is 0 Å². The van der Waals surface area contributed by atoms with E-state index in [1.807, 2.05) is 26.8 Å². The second-order valence-corrected chi connectivity index (χ2v) is 7.14. The number of benzene rings is 1. The molecule has 1 heterocycles. The van der Waals surface area contributed by atoms with Crippen molar-refractivity contribution in [3.05, 3.63) is 35.1 Å². The van der Waals surface area contributed by atoms with E-state index in [2.05, 4.69) is 10.6 Å². The highest BCUT2D eigenvalue weighted by Gasteiger charge is 2.19. The molecule has 1 saturated heterocycles. The lowest BCUT2D eigenvalue weighted by Gasteiger charge is -2.24. The lowest BCUT2D eigenvalue weighted by atomic mass is 9.88. The van der Waals surface area contributed by atoms with Gasteiger partial charge in [0.1, 0.15) is 5.82 Å². The fourth-order valence-electron chi connectivity index (χ4n) is 2.80. The van der Waals surface area contributed by atoms with Crippen LogP contribution in [0.2, 0.25) is 0 Å². The third-order valence-corrected chi connectivity index (χ3v) is 3.94. The fraction of sp³-hybridized carbons (Fsp3) is 0.611. The van der Waals surface area contributed by atoms with Crippen molar-refractivity contribution in [3.63, 3.8) is 0 Å². The van der Waals surface area contributed by atoms with Crippen LogP contribution >= 0.6 is 12.4 Å². The molecule has 1 fully saturated rings. The number of hydrogen-bond donors (Lipinski definition) is 2. The van der Waals surface area contributed by atoms with E-state index in [0.29, 0.717) is 13.0 Å². The van der Waals surface area contributed by atoms with E-state index in [0.717, 1.165) is 37.1 Å². The lowest BCUT2D eigenvalue weighted by Crippen LogP contribution is -2.41. The van der Waals surface area contributed by atoms with Gasteiger partial charge in [-0.15, -0.1) is 12.4 Å². The summed E-state index contributed by atoms with van der Waals surface area (Å²) in [5, 5.41) is 6.05. The van der Waals surface area contributed by atoms with E-state index < -0.39 is 6.09 Å². The second-order valence-electron chi connectivity index (χ2n) is 7.14. The summed E-state index contributed by atoms with van der Waals surface area (Å²) in [5.74, 6) is 0.147. The molecule has 0 atom stereocenters. The zero-order valence-electron chi connectivity index (χ0n) is 14.7. The number of rotatable bonds is 4. The summed E-state index contributed by atoms with van der Waals surface area (Å²) < 4.78 is 19.3. The number of nitrogens with one attached hydrogen (secondary N) is 2. The first kappa shape index (κ1) is 20.7. The van der Waals surface area contributed by atoms with E-state index in [1.165, 1.54) is 6.07 Å². The molecule has 0 aliphatic carbocycles. The predicted octanol–water partition coefficient (Wildman–Crippen LogP) is 3.78. The Kier molecular flexibility index (Phi) is 7.97. The molecular weight excluding hydrogens is 331 g/mol. The number of amides is 1. The summed E-state index contributed by atoms with van der Waals surface area (Å²) in [6, 6.07) is 5.23. The predicted molar refractivity (Wildman–Crippen MR) is 96.4 cm³/mol. The number of carbonyl (C=O) groups excluding carboxylic acids is 1. The average Bonchev–Trinajstić information content (AvgIpc) is 2.48. The van der Waals surface area contributed by atoms with Gasteiger partial charge in [0.05, 0.1) is 6.61 Å². The number of halogens is 2. The monoisotopic (exact) mass is 358 g/mol. The van der Waals surface area contributed by atoms with E-state index in [4.69, 9.17) is 4.74 Å². The standard InChI is InChI=1S/C18H27FN2O2.ClH/c1-18(2,3)21-17(22)23-11-8-13-4-5-16(19)15(12-13)14-6-9-20-10-7-14;/h4-5,12,14,20H,6-11H2,1-3H3,(H,21,22);1H. The van der Waals surface area contributed by atoms with Gasteiger partial charge in [0.2, 0.25) is 0 Å². The molecule has 0 aromatic heterocycles. The van der Waals surface area contributed by atoms with Crippen molar-refractivity contribution in [1.29, 1.82) is 0 Å². The van der Waals surface area contributed by atoms with E-state index >= 15 is 0 Å². The summed E-state index contributed by atoms with van der Waals surface area (Å²) in [5.41, 5.74) is 1.49. The van der Waals surface area contributed by atoms with Gasteiger partial charge in [0.25, 0.3) is 0 Å². The molecule has 0 radical (unpaired) electrons. The maximum absolute atomic E-state index is 14.1. The first-order valence-electron chi connectivity index (χ1n) is 8.29. The minimum Gasteiger partial charge on any atom is -0.449 e. The minimum atomic E-state index is -0.418. The third-order valence-electron chi connectivity index (χ3n) is 3.94. The molecular formula is C18H28ClFN2O2. The summed E-state index contributed by atoms with van der Waals surface area (Å²) in [7, 11) is 0. The quantitative estimate of drug-likeness (QED) is 0.861. The Labute approximate surface area is 149 Å². The Morgan fingerprint density at radius 3 is 2.62 bits per heavy atom. The summed E-state index contributed by atoms with van der Waals surface area (Å²) in [6.07, 6.45) is 2.10. The Balaban J connectivity index is 0.00000288. The largest absolute Gasteiger partial charge is 0.449 e. The fourth-order valence-corrected chi connectivity index (χ4v) is 2.80. The number of piperidine rings is 1. The number of hydrogen-bond acceptors (Lipinski definition) is 3. The summed E-state index contributed by atoms with van der Waals surface area (Å²) in [6.45, 7) is 7.87. The molecule has 1 aromatic carbocycles. The van der Waals surface area contributed by atoms with Gasteiger partial charge in [-0.1, -0.05) is 12.1 Å². The molecule has 2 rings (SSSR count). The molecule has 6 heteroatoms. The van der Waals surface area contributed by atoms with Crippen LogP contribution in [0.15, 0.2) is 18.2 Å². The average molecular weight is 359 g/mol. The van der Waals surface area contributed by atoms with E-state index in [-0.39, 0.29) is 29.7 Å². The Morgan fingerprint density at radius 2 is 2.00 bits per heavy atom. The van der Waals surface area contributed by atoms with Gasteiger partial charge in [0.15, 0.2) is 0 Å². The number of ether oxygens (including phenoxy) is 1. The van der Waals surface area contributed by atoms with Crippen LogP contribution < -0.4 is 10.6 Å². The SMILES string of the molecule is CC(C)(C)NC(=O)OCCc1ccc(F)c(C2CCNCC2)c1.Cl. The number of alkyl carbamates (subject to hydrolysis) is 1. The van der Waals surface area contributed by atoms with Gasteiger partial charge in [-0.2, -0.15) is 0 Å². The van der Waals surface area contributed by atoms with Crippen molar-refractivity contribution in [3.8, 4) is 0 Å². The first-order chi connectivity index (χ1) is 10.8. The third kappa shape index (κ3) is 6.65. The highest BCUT2D eigenvalue weighted by molar-refractivity contribution is 5.85. The van der Waals surface area contributed by atoms with Gasteiger partial charge < -0.3 is 15.4 Å². The van der Waals surface area contributed by atoms with Gasteiger partial charge in [-0.3, -0.25) is 0 Å². The number of carbonyl (C=O) groups is 1. The van der Waals surface area contributed by atoms with Gasteiger partial charge in [-0.05, 0) is 69.8 Å². The molecule has 1 aliphatic heterocycles. The van der Waals surface area contributed by atoms with Crippen molar-refractivity contribution in [2.24, 2.45) is 0 Å². The second kappa shape index (κ2) is 9.23. The molecule has 1 aromatic rings. The Hall–Kier alpha value is -1.33. The highest BCUT2D eigenvalue weighted by atomic mass is 35.5.